The van der Waals surface area contributed by atoms with Crippen LogP contribution in [0.3, 0.4) is 0 Å². The molecule has 2 N–H and O–H groups in total. The van der Waals surface area contributed by atoms with E-state index < -0.39 is 0 Å². The second kappa shape index (κ2) is 8.29. The Morgan fingerprint density at radius 1 is 1.52 bits per heavy atom. The molecule has 2 unspecified atom stereocenters. The van der Waals surface area contributed by atoms with E-state index in [9.17, 15) is 4.79 Å². The van der Waals surface area contributed by atoms with Gasteiger partial charge >= 0.3 is 0 Å². The average molecular weight is 308 g/mol. The van der Waals surface area contributed by atoms with Crippen LogP contribution in [0.5, 0.6) is 5.75 Å². The predicted molar refractivity (Wildman–Crippen MR) is 88.0 cm³/mol. The Bertz CT molecular complexity index is 461. The van der Waals surface area contributed by atoms with Crippen molar-refractivity contribution in [3.05, 3.63) is 29.8 Å². The number of amides is 1. The molecule has 116 valence electrons. The molecule has 1 aromatic rings. The van der Waals surface area contributed by atoms with Crippen molar-refractivity contribution in [2.45, 2.75) is 32.4 Å². The highest BCUT2D eigenvalue weighted by molar-refractivity contribution is 7.99. The Hall–Kier alpha value is -1.20. The summed E-state index contributed by atoms with van der Waals surface area (Å²) in [6.45, 7) is 5.47. The number of hydrogen-bond acceptors (Lipinski definition) is 4. The maximum atomic E-state index is 12.0. The third kappa shape index (κ3) is 5.59. The van der Waals surface area contributed by atoms with Crippen molar-refractivity contribution in [1.82, 2.24) is 10.6 Å². The lowest BCUT2D eigenvalue weighted by atomic mass is 10.2. The number of rotatable bonds is 6. The summed E-state index contributed by atoms with van der Waals surface area (Å²) in [4.78, 5) is 12.0. The van der Waals surface area contributed by atoms with E-state index in [0.717, 1.165) is 29.4 Å². The van der Waals surface area contributed by atoms with Crippen LogP contribution in [-0.4, -0.2) is 42.6 Å². The number of thioether (sulfide) groups is 1. The smallest absolute Gasteiger partial charge is 0.221 e. The molecule has 5 heteroatoms. The zero-order chi connectivity index (χ0) is 15.1. The first-order chi connectivity index (χ1) is 10.1. The van der Waals surface area contributed by atoms with Gasteiger partial charge in [0.1, 0.15) is 12.4 Å². The lowest BCUT2D eigenvalue weighted by molar-refractivity contribution is -0.122. The summed E-state index contributed by atoms with van der Waals surface area (Å²) in [6.07, 6.45) is 0.543. The predicted octanol–water partition coefficient (Wildman–Crippen LogP) is 1.97. The van der Waals surface area contributed by atoms with Crippen LogP contribution >= 0.6 is 11.8 Å². The van der Waals surface area contributed by atoms with Crippen molar-refractivity contribution in [2.75, 3.05) is 24.7 Å². The van der Waals surface area contributed by atoms with Crippen LogP contribution < -0.4 is 15.4 Å². The average Bonchev–Trinajstić information content (AvgIpc) is 2.47. The van der Waals surface area contributed by atoms with Crippen molar-refractivity contribution in [3.8, 4) is 5.75 Å². The summed E-state index contributed by atoms with van der Waals surface area (Å²) < 4.78 is 5.75. The van der Waals surface area contributed by atoms with Gasteiger partial charge in [-0.2, -0.15) is 11.8 Å². The van der Waals surface area contributed by atoms with Gasteiger partial charge in [-0.15, -0.1) is 0 Å². The van der Waals surface area contributed by atoms with E-state index in [2.05, 4.69) is 10.6 Å². The van der Waals surface area contributed by atoms with Crippen LogP contribution in [0.1, 0.15) is 18.9 Å². The molecule has 1 aromatic carbocycles. The minimum Gasteiger partial charge on any atom is -0.491 e. The molecule has 1 saturated heterocycles. The van der Waals surface area contributed by atoms with E-state index in [0.29, 0.717) is 19.1 Å². The summed E-state index contributed by atoms with van der Waals surface area (Å²) in [5.41, 5.74) is 1.11. The van der Waals surface area contributed by atoms with E-state index >= 15 is 0 Å². The number of nitrogens with one attached hydrogen (secondary N) is 2. The van der Waals surface area contributed by atoms with Gasteiger partial charge in [0.25, 0.3) is 0 Å². The van der Waals surface area contributed by atoms with Crippen LogP contribution in [0.25, 0.3) is 0 Å². The summed E-state index contributed by atoms with van der Waals surface area (Å²) in [5.74, 6) is 3.13. The summed E-state index contributed by atoms with van der Waals surface area (Å²) in [6, 6.07) is 8.22. The first-order valence-corrected chi connectivity index (χ1v) is 8.59. The zero-order valence-electron chi connectivity index (χ0n) is 12.7. The molecule has 21 heavy (non-hydrogen) atoms. The molecule has 4 nitrogen and oxygen atoms in total. The number of benzene rings is 1. The third-order valence-corrected chi connectivity index (χ3v) is 4.55. The molecule has 1 fully saturated rings. The number of aryl methyl sites for hydroxylation is 1. The SMILES string of the molecule is Cc1ccccc1OCC(C)NC(=O)CC1CSCCN1. The fourth-order valence-corrected chi connectivity index (χ4v) is 3.23. The number of hydrogen-bond donors (Lipinski definition) is 2. The Kier molecular flexibility index (Phi) is 6.39. The molecule has 1 aliphatic heterocycles. The van der Waals surface area contributed by atoms with Crippen molar-refractivity contribution in [3.63, 3.8) is 0 Å². The molecule has 0 saturated carbocycles. The maximum absolute atomic E-state index is 12.0. The first kappa shape index (κ1) is 16.2. The van der Waals surface area contributed by atoms with Gasteiger partial charge in [0, 0.05) is 30.5 Å². The van der Waals surface area contributed by atoms with Gasteiger partial charge < -0.3 is 15.4 Å². The number of carbonyl (C=O) groups is 1. The minimum atomic E-state index is 0.00773. The summed E-state index contributed by atoms with van der Waals surface area (Å²) in [5, 5.41) is 6.38. The fourth-order valence-electron chi connectivity index (χ4n) is 2.28. The Morgan fingerprint density at radius 2 is 2.33 bits per heavy atom. The molecule has 1 amide bonds. The van der Waals surface area contributed by atoms with Crippen LogP contribution in [0.15, 0.2) is 24.3 Å². The summed E-state index contributed by atoms with van der Waals surface area (Å²) >= 11 is 1.91. The summed E-state index contributed by atoms with van der Waals surface area (Å²) in [7, 11) is 0. The lowest BCUT2D eigenvalue weighted by Gasteiger charge is -2.23. The van der Waals surface area contributed by atoms with Crippen LogP contribution in [-0.2, 0) is 4.79 Å². The van der Waals surface area contributed by atoms with E-state index in [1.54, 1.807) is 0 Å². The normalized spacial score (nSPS) is 19.8. The largest absolute Gasteiger partial charge is 0.491 e. The molecular formula is C16H24N2O2S. The van der Waals surface area contributed by atoms with Gasteiger partial charge in [0.05, 0.1) is 6.04 Å². The standard InChI is InChI=1S/C16H24N2O2S/c1-12-5-3-4-6-15(12)20-10-13(2)18-16(19)9-14-11-21-8-7-17-14/h3-6,13-14,17H,7-11H2,1-2H3,(H,18,19). The first-order valence-electron chi connectivity index (χ1n) is 7.44. The highest BCUT2D eigenvalue weighted by atomic mass is 32.2. The molecule has 1 heterocycles. The number of ether oxygens (including phenoxy) is 1. The van der Waals surface area contributed by atoms with E-state index in [4.69, 9.17) is 4.74 Å². The van der Waals surface area contributed by atoms with Crippen molar-refractivity contribution in [2.24, 2.45) is 0 Å². The van der Waals surface area contributed by atoms with Crippen molar-refractivity contribution in [1.29, 1.82) is 0 Å². The van der Waals surface area contributed by atoms with Crippen LogP contribution in [0.4, 0.5) is 0 Å². The van der Waals surface area contributed by atoms with Crippen LogP contribution in [0, 0.1) is 6.92 Å². The second-order valence-corrected chi connectivity index (χ2v) is 6.62. The van der Waals surface area contributed by atoms with E-state index in [1.807, 2.05) is 49.9 Å². The molecule has 1 aliphatic rings. The van der Waals surface area contributed by atoms with E-state index in [-0.39, 0.29) is 11.9 Å². The number of carbonyl (C=O) groups excluding carboxylic acids is 1. The zero-order valence-corrected chi connectivity index (χ0v) is 13.5. The minimum absolute atomic E-state index is 0.00773. The Morgan fingerprint density at radius 3 is 3.05 bits per heavy atom. The van der Waals surface area contributed by atoms with Gasteiger partial charge in [-0.3, -0.25) is 4.79 Å². The quantitative estimate of drug-likeness (QED) is 0.844. The van der Waals surface area contributed by atoms with Gasteiger partial charge in [-0.1, -0.05) is 18.2 Å². The van der Waals surface area contributed by atoms with E-state index in [1.165, 1.54) is 0 Å². The van der Waals surface area contributed by atoms with Gasteiger partial charge in [-0.25, -0.2) is 0 Å². The molecule has 2 rings (SSSR count). The van der Waals surface area contributed by atoms with Gasteiger partial charge in [0.15, 0.2) is 0 Å². The molecule has 0 aromatic heterocycles. The van der Waals surface area contributed by atoms with Gasteiger partial charge in [-0.05, 0) is 25.5 Å². The van der Waals surface area contributed by atoms with Gasteiger partial charge in [0.2, 0.25) is 5.91 Å². The number of para-hydroxylation sites is 1. The highest BCUT2D eigenvalue weighted by Crippen LogP contribution is 2.16. The molecule has 2 atom stereocenters. The fraction of sp³-hybridized carbons (Fsp3) is 0.562. The van der Waals surface area contributed by atoms with Crippen molar-refractivity contribution >= 4 is 17.7 Å². The van der Waals surface area contributed by atoms with Crippen molar-refractivity contribution < 1.29 is 9.53 Å². The second-order valence-electron chi connectivity index (χ2n) is 5.48. The Balaban J connectivity index is 1.70. The molecule has 0 bridgehead atoms. The topological polar surface area (TPSA) is 50.4 Å². The third-order valence-electron chi connectivity index (χ3n) is 3.42. The van der Waals surface area contributed by atoms with Crippen LogP contribution in [0.2, 0.25) is 0 Å². The maximum Gasteiger partial charge on any atom is 0.221 e. The monoisotopic (exact) mass is 308 g/mol. The Labute approximate surface area is 131 Å². The lowest BCUT2D eigenvalue weighted by Crippen LogP contribution is -2.44. The molecule has 0 radical (unpaired) electrons. The molecular weight excluding hydrogens is 284 g/mol. The highest BCUT2D eigenvalue weighted by Gasteiger charge is 2.17. The molecule has 0 spiro atoms. The molecule has 0 aliphatic carbocycles.